The molecule has 0 amide bonds. The van der Waals surface area contributed by atoms with Crippen LogP contribution < -0.4 is 5.32 Å². The molecule has 20 heavy (non-hydrogen) atoms. The first-order valence-corrected chi connectivity index (χ1v) is 8.96. The van der Waals surface area contributed by atoms with Gasteiger partial charge in [-0.15, -0.1) is 11.3 Å². The van der Waals surface area contributed by atoms with Crippen LogP contribution in [0.4, 0.5) is 0 Å². The molecule has 0 saturated carbocycles. The molecule has 1 atom stereocenters. The number of nitrogens with zero attached hydrogens (tertiary/aromatic N) is 2. The molecule has 3 rings (SSSR count). The lowest BCUT2D eigenvalue weighted by Crippen LogP contribution is -2.39. The Morgan fingerprint density at radius 2 is 2.05 bits per heavy atom. The van der Waals surface area contributed by atoms with Crippen LogP contribution in [-0.4, -0.2) is 55.6 Å². The van der Waals surface area contributed by atoms with Crippen LogP contribution in [0.2, 0.25) is 0 Å². The number of hydrogen-bond acceptors (Lipinski definition) is 4. The molecule has 1 aromatic heterocycles. The minimum absolute atomic E-state index is 0.882. The van der Waals surface area contributed by atoms with E-state index < -0.39 is 0 Å². The summed E-state index contributed by atoms with van der Waals surface area (Å²) in [5.74, 6) is 0.882. The van der Waals surface area contributed by atoms with Gasteiger partial charge in [-0.05, 0) is 62.8 Å². The van der Waals surface area contributed by atoms with Crippen molar-refractivity contribution in [2.24, 2.45) is 5.92 Å². The molecule has 4 heteroatoms. The SMILES string of the molecule is c1csc(CN2CCCN(C[C@H]3CCCNC3)CC2)c1. The van der Waals surface area contributed by atoms with Crippen LogP contribution in [0.15, 0.2) is 17.5 Å². The summed E-state index contributed by atoms with van der Waals surface area (Å²) in [5, 5.41) is 5.73. The summed E-state index contributed by atoms with van der Waals surface area (Å²) in [5.41, 5.74) is 0. The first kappa shape index (κ1) is 14.5. The largest absolute Gasteiger partial charge is 0.316 e. The van der Waals surface area contributed by atoms with E-state index >= 15 is 0 Å². The molecule has 0 spiro atoms. The average Bonchev–Trinajstić information content (AvgIpc) is 2.88. The van der Waals surface area contributed by atoms with E-state index in [-0.39, 0.29) is 0 Å². The molecule has 2 aliphatic heterocycles. The summed E-state index contributed by atoms with van der Waals surface area (Å²) >= 11 is 1.89. The molecule has 2 saturated heterocycles. The second kappa shape index (κ2) is 7.55. The Morgan fingerprint density at radius 1 is 1.15 bits per heavy atom. The molecule has 0 radical (unpaired) electrons. The summed E-state index contributed by atoms with van der Waals surface area (Å²) < 4.78 is 0. The molecule has 112 valence electrons. The maximum Gasteiger partial charge on any atom is 0.0328 e. The molecule has 0 aliphatic carbocycles. The van der Waals surface area contributed by atoms with Crippen LogP contribution in [0.1, 0.15) is 24.1 Å². The number of thiophene rings is 1. The van der Waals surface area contributed by atoms with Crippen LogP contribution in [-0.2, 0) is 6.54 Å². The maximum absolute atomic E-state index is 3.54. The number of piperidine rings is 1. The Balaban J connectivity index is 1.44. The van der Waals surface area contributed by atoms with E-state index in [9.17, 15) is 0 Å². The number of hydrogen-bond donors (Lipinski definition) is 1. The van der Waals surface area contributed by atoms with Crippen molar-refractivity contribution >= 4 is 11.3 Å². The zero-order valence-electron chi connectivity index (χ0n) is 12.4. The van der Waals surface area contributed by atoms with Gasteiger partial charge in [0.1, 0.15) is 0 Å². The van der Waals surface area contributed by atoms with Gasteiger partial charge in [0.25, 0.3) is 0 Å². The van der Waals surface area contributed by atoms with Gasteiger partial charge in [-0.3, -0.25) is 4.90 Å². The quantitative estimate of drug-likeness (QED) is 0.918. The van der Waals surface area contributed by atoms with E-state index in [4.69, 9.17) is 0 Å². The van der Waals surface area contributed by atoms with Gasteiger partial charge in [-0.2, -0.15) is 0 Å². The molecular formula is C16H27N3S. The first-order chi connectivity index (χ1) is 9.90. The van der Waals surface area contributed by atoms with Gasteiger partial charge in [0.15, 0.2) is 0 Å². The highest BCUT2D eigenvalue weighted by Gasteiger charge is 2.20. The Morgan fingerprint density at radius 3 is 2.85 bits per heavy atom. The Kier molecular flexibility index (Phi) is 5.48. The van der Waals surface area contributed by atoms with Crippen molar-refractivity contribution in [3.63, 3.8) is 0 Å². The predicted molar refractivity (Wildman–Crippen MR) is 86.2 cm³/mol. The minimum Gasteiger partial charge on any atom is -0.316 e. The molecule has 1 N–H and O–H groups in total. The maximum atomic E-state index is 3.54. The molecule has 1 aromatic rings. The third-order valence-electron chi connectivity index (χ3n) is 4.56. The lowest BCUT2D eigenvalue weighted by atomic mass is 9.99. The molecule has 2 aliphatic rings. The Hall–Kier alpha value is -0.420. The second-order valence-corrected chi connectivity index (χ2v) is 7.25. The lowest BCUT2D eigenvalue weighted by Gasteiger charge is -2.29. The van der Waals surface area contributed by atoms with Crippen LogP contribution in [0.5, 0.6) is 0 Å². The normalized spacial score (nSPS) is 26.5. The Bertz CT molecular complexity index is 373. The molecule has 3 nitrogen and oxygen atoms in total. The zero-order valence-corrected chi connectivity index (χ0v) is 13.2. The molecule has 0 bridgehead atoms. The molecule has 2 fully saturated rings. The third-order valence-corrected chi connectivity index (χ3v) is 5.42. The van der Waals surface area contributed by atoms with Gasteiger partial charge in [0, 0.05) is 31.1 Å². The first-order valence-electron chi connectivity index (χ1n) is 8.08. The molecular weight excluding hydrogens is 266 g/mol. The van der Waals surface area contributed by atoms with Gasteiger partial charge < -0.3 is 10.2 Å². The van der Waals surface area contributed by atoms with E-state index in [1.54, 1.807) is 0 Å². The van der Waals surface area contributed by atoms with E-state index in [0.29, 0.717) is 0 Å². The fourth-order valence-electron chi connectivity index (χ4n) is 3.43. The van der Waals surface area contributed by atoms with Crippen LogP contribution >= 0.6 is 11.3 Å². The summed E-state index contributed by atoms with van der Waals surface area (Å²) in [7, 11) is 0. The van der Waals surface area contributed by atoms with E-state index in [1.165, 1.54) is 70.0 Å². The highest BCUT2D eigenvalue weighted by molar-refractivity contribution is 7.09. The van der Waals surface area contributed by atoms with Gasteiger partial charge in [0.05, 0.1) is 0 Å². The van der Waals surface area contributed by atoms with Gasteiger partial charge in [-0.25, -0.2) is 0 Å². The van der Waals surface area contributed by atoms with Crippen molar-refractivity contribution in [3.05, 3.63) is 22.4 Å². The van der Waals surface area contributed by atoms with Crippen molar-refractivity contribution in [1.29, 1.82) is 0 Å². The molecule has 3 heterocycles. The highest BCUT2D eigenvalue weighted by Crippen LogP contribution is 2.16. The standard InChI is InChI=1S/C16H27N3S/c1-4-15(12-17-6-1)13-18-7-3-8-19(10-9-18)14-16-5-2-11-20-16/h2,5,11,15,17H,1,3-4,6-10,12-14H2/t15-/m0/s1. The lowest BCUT2D eigenvalue weighted by molar-refractivity contribution is 0.207. The van der Waals surface area contributed by atoms with Crippen molar-refractivity contribution in [1.82, 2.24) is 15.1 Å². The van der Waals surface area contributed by atoms with Gasteiger partial charge in [-0.1, -0.05) is 6.07 Å². The monoisotopic (exact) mass is 293 g/mol. The number of nitrogens with one attached hydrogen (secondary N) is 1. The third kappa shape index (κ3) is 4.29. The smallest absolute Gasteiger partial charge is 0.0328 e. The highest BCUT2D eigenvalue weighted by atomic mass is 32.1. The topological polar surface area (TPSA) is 18.5 Å². The average molecular weight is 293 g/mol. The van der Waals surface area contributed by atoms with Crippen molar-refractivity contribution in [2.75, 3.05) is 45.8 Å². The van der Waals surface area contributed by atoms with Crippen LogP contribution in [0.25, 0.3) is 0 Å². The fraction of sp³-hybridized carbons (Fsp3) is 0.750. The summed E-state index contributed by atoms with van der Waals surface area (Å²) in [6.07, 6.45) is 4.11. The number of rotatable bonds is 4. The molecule has 0 unspecified atom stereocenters. The summed E-state index contributed by atoms with van der Waals surface area (Å²) in [6.45, 7) is 9.95. The van der Waals surface area contributed by atoms with Crippen molar-refractivity contribution < 1.29 is 0 Å². The van der Waals surface area contributed by atoms with Crippen molar-refractivity contribution in [3.8, 4) is 0 Å². The van der Waals surface area contributed by atoms with Crippen LogP contribution in [0, 0.1) is 5.92 Å². The van der Waals surface area contributed by atoms with E-state index in [2.05, 4.69) is 32.6 Å². The van der Waals surface area contributed by atoms with E-state index in [0.717, 1.165) is 12.5 Å². The van der Waals surface area contributed by atoms with Crippen molar-refractivity contribution in [2.45, 2.75) is 25.8 Å². The summed E-state index contributed by atoms with van der Waals surface area (Å²) in [6, 6.07) is 4.43. The van der Waals surface area contributed by atoms with E-state index in [1.807, 2.05) is 11.3 Å². The molecule has 0 aromatic carbocycles. The summed E-state index contributed by atoms with van der Waals surface area (Å²) in [4.78, 5) is 6.84. The predicted octanol–water partition coefficient (Wildman–Crippen LogP) is 2.26. The zero-order chi connectivity index (χ0) is 13.6. The minimum atomic E-state index is 0.882. The Labute approximate surface area is 127 Å². The van der Waals surface area contributed by atoms with Gasteiger partial charge in [0.2, 0.25) is 0 Å². The second-order valence-electron chi connectivity index (χ2n) is 6.22. The van der Waals surface area contributed by atoms with Gasteiger partial charge >= 0.3 is 0 Å². The fourth-order valence-corrected chi connectivity index (χ4v) is 4.18. The van der Waals surface area contributed by atoms with Crippen LogP contribution in [0.3, 0.4) is 0 Å².